The number of unbranched alkanes of at least 4 members (excludes halogenated alkanes) is 3. The molecule has 0 radical (unpaired) electrons. The van der Waals surface area contributed by atoms with E-state index in [0.29, 0.717) is 5.56 Å². The highest BCUT2D eigenvalue weighted by atomic mass is 35.5. The van der Waals surface area contributed by atoms with Gasteiger partial charge in [0.15, 0.2) is 0 Å². The molecule has 0 saturated heterocycles. The largest absolute Gasteiger partial charge is 0.460 e. The van der Waals surface area contributed by atoms with Crippen molar-refractivity contribution in [3.8, 4) is 0 Å². The van der Waals surface area contributed by atoms with E-state index < -0.39 is 0 Å². The van der Waals surface area contributed by atoms with Crippen molar-refractivity contribution in [3.05, 3.63) is 48.6 Å². The van der Waals surface area contributed by atoms with Crippen LogP contribution >= 0.6 is 23.2 Å². The van der Waals surface area contributed by atoms with Crippen LogP contribution in [0.1, 0.15) is 42.5 Å². The molecular formula is C17H22Cl2O2. The number of hydrogen-bond donors (Lipinski definition) is 0. The van der Waals surface area contributed by atoms with Crippen molar-refractivity contribution in [2.75, 3.05) is 6.61 Å². The van der Waals surface area contributed by atoms with E-state index in [9.17, 15) is 4.79 Å². The summed E-state index contributed by atoms with van der Waals surface area (Å²) in [4.78, 5) is 11.8. The van der Waals surface area contributed by atoms with Crippen LogP contribution in [0.4, 0.5) is 0 Å². The zero-order valence-corrected chi connectivity index (χ0v) is 13.7. The van der Waals surface area contributed by atoms with Crippen LogP contribution in [0.2, 0.25) is 0 Å². The molecule has 0 N–H and O–H groups in total. The van der Waals surface area contributed by atoms with E-state index in [1.807, 2.05) is 12.1 Å². The fourth-order valence-electron chi connectivity index (χ4n) is 1.90. The first kappa shape index (κ1) is 18.1. The van der Waals surface area contributed by atoms with Gasteiger partial charge in [-0.1, -0.05) is 37.1 Å². The Labute approximate surface area is 137 Å². The van der Waals surface area contributed by atoms with Gasteiger partial charge in [-0.25, -0.2) is 4.79 Å². The molecule has 2 atom stereocenters. The summed E-state index contributed by atoms with van der Waals surface area (Å²) in [6, 6.07) is 8.86. The van der Waals surface area contributed by atoms with E-state index in [4.69, 9.17) is 27.9 Å². The van der Waals surface area contributed by atoms with Crippen molar-refractivity contribution in [1.29, 1.82) is 0 Å². The second-order valence-corrected chi connectivity index (χ2v) is 6.04. The molecule has 0 spiro atoms. The Morgan fingerprint density at radius 1 is 1.14 bits per heavy atom. The van der Waals surface area contributed by atoms with Gasteiger partial charge in [-0.3, -0.25) is 0 Å². The first-order valence-electron chi connectivity index (χ1n) is 7.26. The standard InChI is InChI=1S/C17H22Cl2O2/c1-2-3-4-5-9-12-15(18)16(19)13-21-17(20)14-10-7-6-8-11-14/h2,6-8,10-11,15-16H,1,3-5,9,12-13H2/t15-,16-/m0/s1. The second-order valence-electron chi connectivity index (χ2n) is 4.92. The van der Waals surface area contributed by atoms with Crippen LogP contribution in [-0.2, 0) is 4.74 Å². The van der Waals surface area contributed by atoms with Gasteiger partial charge in [-0.15, -0.1) is 29.8 Å². The summed E-state index contributed by atoms with van der Waals surface area (Å²) in [5, 5.41) is -0.544. The smallest absolute Gasteiger partial charge is 0.338 e. The predicted octanol–water partition coefficient (Wildman–Crippen LogP) is 5.19. The van der Waals surface area contributed by atoms with Gasteiger partial charge in [0.1, 0.15) is 6.61 Å². The summed E-state index contributed by atoms with van der Waals surface area (Å²) in [5.41, 5.74) is 0.525. The molecule has 0 aliphatic carbocycles. The normalized spacial score (nSPS) is 13.4. The Morgan fingerprint density at radius 2 is 1.86 bits per heavy atom. The molecule has 1 aromatic rings. The molecule has 21 heavy (non-hydrogen) atoms. The van der Waals surface area contributed by atoms with Crippen LogP contribution in [0.5, 0.6) is 0 Å². The van der Waals surface area contributed by atoms with Crippen molar-refractivity contribution >= 4 is 29.2 Å². The molecule has 1 rings (SSSR count). The first-order valence-corrected chi connectivity index (χ1v) is 8.13. The lowest BCUT2D eigenvalue weighted by molar-refractivity contribution is 0.0502. The number of benzene rings is 1. The van der Waals surface area contributed by atoms with Crippen LogP contribution in [0.15, 0.2) is 43.0 Å². The van der Waals surface area contributed by atoms with Gasteiger partial charge in [0.25, 0.3) is 0 Å². The number of esters is 1. The molecule has 0 unspecified atom stereocenters. The highest BCUT2D eigenvalue weighted by molar-refractivity contribution is 6.30. The topological polar surface area (TPSA) is 26.3 Å². The number of hydrogen-bond acceptors (Lipinski definition) is 2. The molecule has 1 aromatic carbocycles. The lowest BCUT2D eigenvalue weighted by atomic mass is 10.1. The molecule has 0 fully saturated rings. The number of halogens is 2. The van der Waals surface area contributed by atoms with Crippen LogP contribution < -0.4 is 0 Å². The lowest BCUT2D eigenvalue weighted by Gasteiger charge is -2.16. The van der Waals surface area contributed by atoms with Crippen LogP contribution in [0.25, 0.3) is 0 Å². The minimum Gasteiger partial charge on any atom is -0.460 e. The minimum atomic E-state index is -0.365. The van der Waals surface area contributed by atoms with E-state index in [0.717, 1.165) is 32.1 Å². The van der Waals surface area contributed by atoms with Gasteiger partial charge in [0.2, 0.25) is 0 Å². The molecular weight excluding hydrogens is 307 g/mol. The van der Waals surface area contributed by atoms with Gasteiger partial charge < -0.3 is 4.74 Å². The maximum absolute atomic E-state index is 11.8. The van der Waals surface area contributed by atoms with Crippen molar-refractivity contribution < 1.29 is 9.53 Å². The number of ether oxygens (including phenoxy) is 1. The number of carbonyl (C=O) groups is 1. The third kappa shape index (κ3) is 7.54. The van der Waals surface area contributed by atoms with E-state index in [1.54, 1.807) is 24.3 Å². The zero-order chi connectivity index (χ0) is 15.5. The Kier molecular flexibility index (Phi) is 9.20. The minimum absolute atomic E-state index is 0.135. The first-order chi connectivity index (χ1) is 10.1. The van der Waals surface area contributed by atoms with Gasteiger partial charge >= 0.3 is 5.97 Å². The Hall–Kier alpha value is -0.990. The molecule has 0 aliphatic rings. The second kappa shape index (κ2) is 10.7. The molecule has 0 bridgehead atoms. The van der Waals surface area contributed by atoms with Gasteiger partial charge in [-0.05, 0) is 31.4 Å². The fraction of sp³-hybridized carbons (Fsp3) is 0.471. The van der Waals surface area contributed by atoms with Gasteiger partial charge in [0, 0.05) is 0 Å². The third-order valence-corrected chi connectivity index (χ3v) is 4.25. The monoisotopic (exact) mass is 328 g/mol. The number of alkyl halides is 2. The number of rotatable bonds is 10. The van der Waals surface area contributed by atoms with Crippen molar-refractivity contribution in [2.24, 2.45) is 0 Å². The maximum atomic E-state index is 11.8. The summed E-state index contributed by atoms with van der Waals surface area (Å²) in [7, 11) is 0. The quantitative estimate of drug-likeness (QED) is 0.255. The van der Waals surface area contributed by atoms with Crippen LogP contribution in [-0.4, -0.2) is 23.3 Å². The van der Waals surface area contributed by atoms with Crippen LogP contribution in [0, 0.1) is 0 Å². The van der Waals surface area contributed by atoms with Crippen molar-refractivity contribution in [1.82, 2.24) is 0 Å². The van der Waals surface area contributed by atoms with Crippen molar-refractivity contribution in [3.63, 3.8) is 0 Å². The highest BCUT2D eigenvalue weighted by Gasteiger charge is 2.18. The average molecular weight is 329 g/mol. The van der Waals surface area contributed by atoms with Crippen molar-refractivity contribution in [2.45, 2.75) is 42.9 Å². The summed E-state index contributed by atoms with van der Waals surface area (Å²) in [6.07, 6.45) is 7.05. The summed E-state index contributed by atoms with van der Waals surface area (Å²) >= 11 is 12.4. The molecule has 116 valence electrons. The predicted molar refractivity (Wildman–Crippen MR) is 89.3 cm³/mol. The van der Waals surface area contributed by atoms with Gasteiger partial charge in [0.05, 0.1) is 16.3 Å². The molecule has 0 heterocycles. The maximum Gasteiger partial charge on any atom is 0.338 e. The SMILES string of the molecule is C=CCCCCC[C@H](Cl)[C@@H](Cl)COC(=O)c1ccccc1. The molecule has 0 aliphatic heterocycles. The van der Waals surface area contributed by atoms with E-state index >= 15 is 0 Å². The summed E-state index contributed by atoms with van der Waals surface area (Å²) in [6.45, 7) is 3.83. The van der Waals surface area contributed by atoms with Gasteiger partial charge in [-0.2, -0.15) is 0 Å². The molecule has 0 saturated carbocycles. The summed E-state index contributed by atoms with van der Waals surface area (Å²) in [5.74, 6) is -0.365. The third-order valence-electron chi connectivity index (χ3n) is 3.16. The lowest BCUT2D eigenvalue weighted by Crippen LogP contribution is -2.23. The average Bonchev–Trinajstić information content (AvgIpc) is 2.52. The van der Waals surface area contributed by atoms with E-state index in [-0.39, 0.29) is 23.3 Å². The Bertz CT molecular complexity index is 420. The summed E-state index contributed by atoms with van der Waals surface area (Å²) < 4.78 is 5.19. The number of allylic oxidation sites excluding steroid dienone is 1. The molecule has 0 amide bonds. The van der Waals surface area contributed by atoms with E-state index in [2.05, 4.69) is 6.58 Å². The Morgan fingerprint density at radius 3 is 2.52 bits per heavy atom. The molecule has 4 heteroatoms. The number of carbonyl (C=O) groups excluding carboxylic acids is 1. The fourth-order valence-corrected chi connectivity index (χ4v) is 2.32. The highest BCUT2D eigenvalue weighted by Crippen LogP contribution is 2.18. The van der Waals surface area contributed by atoms with E-state index in [1.165, 1.54) is 0 Å². The zero-order valence-electron chi connectivity index (χ0n) is 12.1. The Balaban J connectivity index is 2.21. The van der Waals surface area contributed by atoms with Crippen LogP contribution in [0.3, 0.4) is 0 Å². The molecule has 0 aromatic heterocycles. The molecule has 2 nitrogen and oxygen atoms in total.